The van der Waals surface area contributed by atoms with Crippen LogP contribution in [0.4, 0.5) is 0 Å². The van der Waals surface area contributed by atoms with Crippen molar-refractivity contribution in [2.75, 3.05) is 27.2 Å². The molecule has 0 N–H and O–H groups in total. The molecule has 4 rings (SSSR count). The molecule has 2 aromatic heterocycles. The van der Waals surface area contributed by atoms with E-state index in [-0.39, 0.29) is 11.6 Å². The third-order valence-electron chi connectivity index (χ3n) is 5.30. The van der Waals surface area contributed by atoms with E-state index < -0.39 is 10.2 Å². The molecule has 10 heteroatoms. The van der Waals surface area contributed by atoms with Gasteiger partial charge in [-0.05, 0) is 35.9 Å². The molecule has 0 amide bonds. The molecular weight excluding hydrogens is 422 g/mol. The van der Waals surface area contributed by atoms with Gasteiger partial charge in [0.05, 0.1) is 6.54 Å². The molecule has 1 unspecified atom stereocenters. The summed E-state index contributed by atoms with van der Waals surface area (Å²) in [5, 5.41) is 7.40. The first-order valence-electron chi connectivity index (χ1n) is 9.83. The highest BCUT2D eigenvalue weighted by Crippen LogP contribution is 2.29. The fourth-order valence-corrected chi connectivity index (χ4v) is 5.67. The van der Waals surface area contributed by atoms with Crippen LogP contribution < -0.4 is 5.69 Å². The first-order valence-corrected chi connectivity index (χ1v) is 12.1. The van der Waals surface area contributed by atoms with Crippen LogP contribution >= 0.6 is 11.3 Å². The van der Waals surface area contributed by atoms with Gasteiger partial charge in [0.25, 0.3) is 10.2 Å². The lowest BCUT2D eigenvalue weighted by Gasteiger charge is -2.32. The quantitative estimate of drug-likeness (QED) is 0.580. The van der Waals surface area contributed by atoms with Gasteiger partial charge in [0, 0.05) is 33.1 Å². The summed E-state index contributed by atoms with van der Waals surface area (Å²) in [6.45, 7) is 1.16. The zero-order valence-corrected chi connectivity index (χ0v) is 18.6. The van der Waals surface area contributed by atoms with E-state index in [0.29, 0.717) is 25.5 Å². The SMILES string of the molecule is CN(C)S(=O)(=O)N1CCCC(c2nn(Cc3ccccc3)c(=O)n2-c2cccs2)C1. The Labute approximate surface area is 180 Å². The highest BCUT2D eigenvalue weighted by Gasteiger charge is 2.34. The van der Waals surface area contributed by atoms with Crippen molar-refractivity contribution in [1.82, 2.24) is 23.0 Å². The first kappa shape index (κ1) is 21.0. The van der Waals surface area contributed by atoms with Crippen molar-refractivity contribution >= 4 is 21.5 Å². The van der Waals surface area contributed by atoms with Crippen LogP contribution in [0.2, 0.25) is 0 Å². The van der Waals surface area contributed by atoms with Gasteiger partial charge >= 0.3 is 5.69 Å². The molecule has 160 valence electrons. The molecule has 3 aromatic rings. The normalized spacial score (nSPS) is 18.2. The van der Waals surface area contributed by atoms with Gasteiger partial charge in [0.2, 0.25) is 0 Å². The van der Waals surface area contributed by atoms with Gasteiger partial charge < -0.3 is 0 Å². The summed E-state index contributed by atoms with van der Waals surface area (Å²) in [5.41, 5.74) is 0.784. The molecule has 1 saturated heterocycles. The largest absolute Gasteiger partial charge is 0.351 e. The maximum atomic E-state index is 13.3. The number of hydrogen-bond donors (Lipinski definition) is 0. The van der Waals surface area contributed by atoms with Gasteiger partial charge in [0.15, 0.2) is 0 Å². The van der Waals surface area contributed by atoms with Gasteiger partial charge in [-0.2, -0.15) is 22.1 Å². The number of benzene rings is 1. The maximum Gasteiger partial charge on any atom is 0.351 e. The second-order valence-corrected chi connectivity index (χ2v) is 10.6. The smallest absolute Gasteiger partial charge is 0.246 e. The van der Waals surface area contributed by atoms with Crippen LogP contribution in [0, 0.1) is 0 Å². The third-order valence-corrected chi connectivity index (χ3v) is 8.06. The minimum atomic E-state index is -3.51. The number of thiophene rings is 1. The highest BCUT2D eigenvalue weighted by molar-refractivity contribution is 7.86. The summed E-state index contributed by atoms with van der Waals surface area (Å²) in [4.78, 5) is 13.3. The van der Waals surface area contributed by atoms with Gasteiger partial charge in [-0.25, -0.2) is 14.0 Å². The second kappa shape index (κ2) is 8.46. The molecular formula is C20H25N5O3S2. The molecule has 0 radical (unpaired) electrons. The molecule has 1 fully saturated rings. The molecule has 30 heavy (non-hydrogen) atoms. The number of nitrogens with zero attached hydrogens (tertiary/aromatic N) is 5. The van der Waals surface area contributed by atoms with Crippen LogP contribution in [0.3, 0.4) is 0 Å². The molecule has 0 aliphatic carbocycles. The summed E-state index contributed by atoms with van der Waals surface area (Å²) in [5.74, 6) is 0.470. The minimum Gasteiger partial charge on any atom is -0.246 e. The molecule has 1 aliphatic rings. The van der Waals surface area contributed by atoms with Crippen molar-refractivity contribution < 1.29 is 8.42 Å². The predicted octanol–water partition coefficient (Wildman–Crippen LogP) is 2.13. The van der Waals surface area contributed by atoms with Crippen LogP contribution in [-0.2, 0) is 16.8 Å². The summed E-state index contributed by atoms with van der Waals surface area (Å²) < 4.78 is 31.1. The Kier molecular flexibility index (Phi) is 5.92. The zero-order valence-electron chi connectivity index (χ0n) is 17.0. The van der Waals surface area contributed by atoms with Crippen molar-refractivity contribution in [2.24, 2.45) is 0 Å². The minimum absolute atomic E-state index is 0.153. The van der Waals surface area contributed by atoms with Crippen molar-refractivity contribution in [3.8, 4) is 5.00 Å². The second-order valence-electron chi connectivity index (χ2n) is 7.56. The van der Waals surface area contributed by atoms with Gasteiger partial charge in [-0.15, -0.1) is 11.3 Å². The van der Waals surface area contributed by atoms with Crippen LogP contribution in [0.5, 0.6) is 0 Å². The van der Waals surface area contributed by atoms with Gasteiger partial charge in [-0.1, -0.05) is 30.3 Å². The van der Waals surface area contributed by atoms with E-state index >= 15 is 0 Å². The molecule has 8 nitrogen and oxygen atoms in total. The topological polar surface area (TPSA) is 80.4 Å². The van der Waals surface area contributed by atoms with Gasteiger partial charge in [-0.3, -0.25) is 0 Å². The molecule has 3 heterocycles. The van der Waals surface area contributed by atoms with Gasteiger partial charge in [0.1, 0.15) is 10.8 Å². The summed E-state index contributed by atoms with van der Waals surface area (Å²) in [6.07, 6.45) is 1.51. The number of piperidine rings is 1. The Hall–Kier alpha value is -2.27. The lowest BCUT2D eigenvalue weighted by Crippen LogP contribution is -2.45. The summed E-state index contributed by atoms with van der Waals surface area (Å²) in [6, 6.07) is 13.5. The molecule has 1 atom stereocenters. The van der Waals surface area contributed by atoms with Crippen molar-refractivity contribution in [2.45, 2.75) is 25.3 Å². The molecule has 0 bridgehead atoms. The fraction of sp³-hybridized carbons (Fsp3) is 0.400. The number of hydrogen-bond acceptors (Lipinski definition) is 5. The van der Waals surface area contributed by atoms with E-state index in [9.17, 15) is 13.2 Å². The Morgan fingerprint density at radius 1 is 1.17 bits per heavy atom. The number of rotatable bonds is 6. The third kappa shape index (κ3) is 4.00. The average Bonchev–Trinajstić information content (AvgIpc) is 3.37. The van der Waals surface area contributed by atoms with Crippen molar-refractivity contribution in [1.29, 1.82) is 0 Å². The lowest BCUT2D eigenvalue weighted by atomic mass is 9.99. The molecule has 0 spiro atoms. The summed E-state index contributed by atoms with van der Waals surface area (Å²) >= 11 is 1.47. The van der Waals surface area contributed by atoms with E-state index in [1.165, 1.54) is 38.7 Å². The Balaban J connectivity index is 1.73. The van der Waals surface area contributed by atoms with E-state index in [1.54, 1.807) is 4.57 Å². The number of aromatic nitrogens is 3. The Morgan fingerprint density at radius 2 is 1.93 bits per heavy atom. The maximum absolute atomic E-state index is 13.3. The lowest BCUT2D eigenvalue weighted by molar-refractivity contribution is 0.291. The van der Waals surface area contributed by atoms with Crippen LogP contribution in [-0.4, -0.2) is 58.6 Å². The van der Waals surface area contributed by atoms with Crippen LogP contribution in [0.15, 0.2) is 52.6 Å². The van der Waals surface area contributed by atoms with Crippen LogP contribution in [0.1, 0.15) is 30.1 Å². The van der Waals surface area contributed by atoms with Crippen molar-refractivity contribution in [3.63, 3.8) is 0 Å². The molecule has 1 aliphatic heterocycles. The van der Waals surface area contributed by atoms with E-state index in [4.69, 9.17) is 0 Å². The standard InChI is InChI=1S/C20H25N5O3S2/c1-22(2)30(27,28)23-12-6-10-17(15-23)19-21-24(14-16-8-4-3-5-9-16)20(26)25(19)18-11-7-13-29-18/h3-5,7-9,11,13,17H,6,10,12,14-15H2,1-2H3. The Morgan fingerprint density at radius 3 is 2.60 bits per heavy atom. The first-order chi connectivity index (χ1) is 14.4. The molecule has 1 aromatic carbocycles. The van der Waals surface area contributed by atoms with E-state index in [1.807, 2.05) is 47.8 Å². The van der Waals surface area contributed by atoms with E-state index in [0.717, 1.165) is 23.4 Å². The van der Waals surface area contributed by atoms with Crippen molar-refractivity contribution in [3.05, 3.63) is 69.7 Å². The summed E-state index contributed by atoms with van der Waals surface area (Å²) in [7, 11) is -0.438. The zero-order chi connectivity index (χ0) is 21.3. The average molecular weight is 448 g/mol. The monoisotopic (exact) mass is 447 g/mol. The Bertz CT molecular complexity index is 1150. The predicted molar refractivity (Wildman–Crippen MR) is 117 cm³/mol. The fourth-order valence-electron chi connectivity index (χ4n) is 3.75. The van der Waals surface area contributed by atoms with Crippen LogP contribution in [0.25, 0.3) is 5.00 Å². The highest BCUT2D eigenvalue weighted by atomic mass is 32.2. The molecule has 0 saturated carbocycles. The van der Waals surface area contributed by atoms with E-state index in [2.05, 4.69) is 5.10 Å².